The summed E-state index contributed by atoms with van der Waals surface area (Å²) in [6, 6.07) is 0. The first-order valence-corrected chi connectivity index (χ1v) is 30.3. The van der Waals surface area contributed by atoms with Crippen LogP contribution in [0.2, 0.25) is 0 Å². The van der Waals surface area contributed by atoms with E-state index in [1.807, 2.05) is 21.1 Å². The number of aliphatic carboxylic acids is 1. The van der Waals surface area contributed by atoms with Gasteiger partial charge in [0, 0.05) is 12.8 Å². The Morgan fingerprint density at radius 1 is 0.390 bits per heavy atom. The number of hydrogen-bond acceptors (Lipinski definition) is 7. The highest BCUT2D eigenvalue weighted by Gasteiger charge is 2.25. The quantitative estimate of drug-likeness (QED) is 0.0211. The fourth-order valence-corrected chi connectivity index (χ4v) is 7.82. The smallest absolute Gasteiger partial charge is 0.361 e. The molecule has 77 heavy (non-hydrogen) atoms. The standard InChI is InChI=1S/C68H111NO8/c1-6-8-10-12-14-16-18-20-22-24-26-28-30-31-32-33-34-35-37-38-40-42-44-46-48-50-52-54-56-58-65(70)75-62-64(63-76-68(67(72)73)74-61-60-69(3,4)5)77-66(71)59-57-55-53-51-49-47-45-43-41-39-36-29-27-25-23-21-19-17-15-13-11-9-7-2/h8-11,14-17,20-23,26-29,39,41,45,47,51,53,64,68H,6-7,12-13,18-19,24-25,30-38,40,42-44,46,48-50,52,54-63H2,1-5H3/p+1/b10-8-,11-9-,16-14-,17-15-,22-20-,23-21-,28-26-,29-27-,41-39-,47-45-,53-51-. The van der Waals surface area contributed by atoms with E-state index in [1.165, 1.54) is 89.9 Å². The third kappa shape index (κ3) is 58.9. The van der Waals surface area contributed by atoms with Crippen molar-refractivity contribution in [3.05, 3.63) is 134 Å². The summed E-state index contributed by atoms with van der Waals surface area (Å²) in [4.78, 5) is 37.5. The predicted octanol–water partition coefficient (Wildman–Crippen LogP) is 18.2. The summed E-state index contributed by atoms with van der Waals surface area (Å²) in [6.45, 7) is 4.57. The molecule has 0 spiro atoms. The summed E-state index contributed by atoms with van der Waals surface area (Å²) < 4.78 is 22.8. The molecule has 0 aromatic heterocycles. The summed E-state index contributed by atoms with van der Waals surface area (Å²) >= 11 is 0. The van der Waals surface area contributed by atoms with Crippen molar-refractivity contribution in [2.24, 2.45) is 0 Å². The molecule has 0 aromatic carbocycles. The van der Waals surface area contributed by atoms with Gasteiger partial charge in [0.05, 0.1) is 34.4 Å². The van der Waals surface area contributed by atoms with Crippen LogP contribution in [-0.2, 0) is 33.3 Å². The van der Waals surface area contributed by atoms with Crippen molar-refractivity contribution >= 4 is 17.9 Å². The number of likely N-dealkylation sites (N-methyl/N-ethyl adjacent to an activating group) is 1. The Morgan fingerprint density at radius 2 is 0.714 bits per heavy atom. The molecule has 0 bridgehead atoms. The lowest BCUT2D eigenvalue weighted by atomic mass is 10.0. The number of carbonyl (C=O) groups is 3. The normalized spacial score (nSPS) is 13.7. The number of nitrogens with zero attached hydrogens (tertiary/aromatic N) is 1. The molecule has 0 heterocycles. The minimum absolute atomic E-state index is 0.170. The number of unbranched alkanes of at least 4 members (excludes halogenated alkanes) is 17. The van der Waals surface area contributed by atoms with E-state index in [0.717, 1.165) is 89.9 Å². The molecule has 9 nitrogen and oxygen atoms in total. The third-order valence-corrected chi connectivity index (χ3v) is 12.4. The lowest BCUT2D eigenvalue weighted by molar-refractivity contribution is -0.870. The van der Waals surface area contributed by atoms with E-state index in [4.69, 9.17) is 18.9 Å². The minimum Gasteiger partial charge on any atom is -0.477 e. The van der Waals surface area contributed by atoms with Crippen LogP contribution in [0, 0.1) is 0 Å². The van der Waals surface area contributed by atoms with Crippen LogP contribution in [0.3, 0.4) is 0 Å². The van der Waals surface area contributed by atoms with Crippen LogP contribution in [0.4, 0.5) is 0 Å². The molecule has 2 atom stereocenters. The van der Waals surface area contributed by atoms with Crippen molar-refractivity contribution in [1.82, 2.24) is 0 Å². The highest BCUT2D eigenvalue weighted by atomic mass is 16.7. The Balaban J connectivity index is 4.29. The van der Waals surface area contributed by atoms with Crippen molar-refractivity contribution in [1.29, 1.82) is 0 Å². The van der Waals surface area contributed by atoms with Crippen LogP contribution in [0.25, 0.3) is 0 Å². The molecule has 0 amide bonds. The van der Waals surface area contributed by atoms with Crippen LogP contribution < -0.4 is 0 Å². The van der Waals surface area contributed by atoms with Crippen molar-refractivity contribution < 1.29 is 42.9 Å². The van der Waals surface area contributed by atoms with E-state index in [2.05, 4.69) is 148 Å². The van der Waals surface area contributed by atoms with Gasteiger partial charge in [-0.15, -0.1) is 0 Å². The first kappa shape index (κ1) is 72.4. The topological polar surface area (TPSA) is 108 Å². The maximum Gasteiger partial charge on any atom is 0.361 e. The summed E-state index contributed by atoms with van der Waals surface area (Å²) in [5.74, 6) is -2.10. The van der Waals surface area contributed by atoms with Gasteiger partial charge in [-0.1, -0.05) is 237 Å². The van der Waals surface area contributed by atoms with E-state index >= 15 is 0 Å². The lowest BCUT2D eigenvalue weighted by Crippen LogP contribution is -2.40. The second kappa shape index (κ2) is 57.6. The van der Waals surface area contributed by atoms with E-state index in [9.17, 15) is 19.5 Å². The number of carbonyl (C=O) groups excluding carboxylic acids is 2. The minimum atomic E-state index is -1.53. The zero-order valence-electron chi connectivity index (χ0n) is 49.6. The van der Waals surface area contributed by atoms with Crippen LogP contribution in [0.1, 0.15) is 219 Å². The molecule has 0 aromatic rings. The second-order valence-electron chi connectivity index (χ2n) is 20.9. The monoisotopic (exact) mass is 1070 g/mol. The van der Waals surface area contributed by atoms with Gasteiger partial charge in [0.1, 0.15) is 13.2 Å². The zero-order valence-corrected chi connectivity index (χ0v) is 49.6. The average Bonchev–Trinajstić information content (AvgIpc) is 3.40. The van der Waals surface area contributed by atoms with Gasteiger partial charge in [-0.25, -0.2) is 4.79 Å². The molecule has 0 saturated carbocycles. The number of esters is 2. The molecule has 0 aliphatic rings. The fraction of sp³-hybridized carbons (Fsp3) is 0.632. The number of hydrogen-bond donors (Lipinski definition) is 1. The first-order chi connectivity index (χ1) is 37.6. The molecule has 0 radical (unpaired) electrons. The number of quaternary nitrogens is 1. The highest BCUT2D eigenvalue weighted by molar-refractivity contribution is 5.71. The summed E-state index contributed by atoms with van der Waals surface area (Å²) in [7, 11) is 5.94. The Bertz CT molecular complexity index is 1720. The maximum absolute atomic E-state index is 12.9. The van der Waals surface area contributed by atoms with Gasteiger partial charge in [0.25, 0.3) is 6.29 Å². The van der Waals surface area contributed by atoms with E-state index in [1.54, 1.807) is 0 Å². The molecule has 0 aliphatic carbocycles. The van der Waals surface area contributed by atoms with E-state index in [-0.39, 0.29) is 38.6 Å². The zero-order chi connectivity index (χ0) is 56.2. The average molecular weight is 1070 g/mol. The Hall–Kier alpha value is -4.57. The number of rotatable bonds is 54. The SMILES string of the molecule is CC/C=C\C/C=C\C/C=C\C/C=C\C/C=C\C/C=C\C/C=C\CCCC(=O)OC(COC(=O)CCCCCCCCCCCCCCCCCC/C=C\C/C=C\C/C=C\C/C=C\CC)COC(OCC[N+](C)(C)C)C(=O)O. The van der Waals surface area contributed by atoms with Gasteiger partial charge in [0.2, 0.25) is 0 Å². The molecule has 0 aliphatic heterocycles. The molecular weight excluding hydrogens is 959 g/mol. The number of carboxylic acids is 1. The van der Waals surface area contributed by atoms with Crippen LogP contribution in [0.15, 0.2) is 134 Å². The second-order valence-corrected chi connectivity index (χ2v) is 20.9. The fourth-order valence-electron chi connectivity index (χ4n) is 7.82. The molecular formula is C68H112NO8+. The highest BCUT2D eigenvalue weighted by Crippen LogP contribution is 2.15. The Labute approximate surface area is 471 Å². The molecule has 1 N–H and O–H groups in total. The van der Waals surface area contributed by atoms with Crippen molar-refractivity contribution in [3.63, 3.8) is 0 Å². The first-order valence-electron chi connectivity index (χ1n) is 30.3. The number of allylic oxidation sites excluding steroid dienone is 22. The van der Waals surface area contributed by atoms with Gasteiger partial charge in [-0.3, -0.25) is 9.59 Å². The maximum atomic E-state index is 12.9. The van der Waals surface area contributed by atoms with Gasteiger partial charge in [0.15, 0.2) is 6.10 Å². The molecule has 0 saturated heterocycles. The number of ether oxygens (including phenoxy) is 4. The van der Waals surface area contributed by atoms with Crippen molar-refractivity contribution in [2.75, 3.05) is 47.5 Å². The molecule has 436 valence electrons. The summed E-state index contributed by atoms with van der Waals surface area (Å²) in [6.07, 6.45) is 79.8. The molecule has 0 rings (SSSR count). The van der Waals surface area contributed by atoms with E-state index < -0.39 is 24.3 Å². The summed E-state index contributed by atoms with van der Waals surface area (Å²) in [5.41, 5.74) is 0. The Morgan fingerprint density at radius 3 is 1.08 bits per heavy atom. The Kier molecular flexibility index (Phi) is 54.2. The lowest BCUT2D eigenvalue weighted by Gasteiger charge is -2.25. The van der Waals surface area contributed by atoms with Gasteiger partial charge < -0.3 is 28.5 Å². The number of carboxylic acid groups (broad SMARTS) is 1. The third-order valence-electron chi connectivity index (χ3n) is 12.4. The van der Waals surface area contributed by atoms with Crippen LogP contribution in [-0.4, -0.2) is 87.4 Å². The van der Waals surface area contributed by atoms with Crippen molar-refractivity contribution in [2.45, 2.75) is 232 Å². The molecule has 2 unspecified atom stereocenters. The largest absolute Gasteiger partial charge is 0.477 e. The van der Waals surface area contributed by atoms with Crippen LogP contribution in [0.5, 0.6) is 0 Å². The van der Waals surface area contributed by atoms with Gasteiger partial charge >= 0.3 is 17.9 Å². The van der Waals surface area contributed by atoms with Gasteiger partial charge in [-0.2, -0.15) is 0 Å². The molecule has 9 heteroatoms. The van der Waals surface area contributed by atoms with Crippen LogP contribution >= 0.6 is 0 Å². The predicted molar refractivity (Wildman–Crippen MR) is 327 cm³/mol. The molecule has 0 fully saturated rings. The van der Waals surface area contributed by atoms with E-state index in [0.29, 0.717) is 23.9 Å². The van der Waals surface area contributed by atoms with Gasteiger partial charge in [-0.05, 0) is 103 Å². The summed E-state index contributed by atoms with van der Waals surface area (Å²) in [5, 5.41) is 9.71. The van der Waals surface area contributed by atoms with Crippen molar-refractivity contribution in [3.8, 4) is 0 Å².